The highest BCUT2D eigenvalue weighted by Crippen LogP contribution is 2.36. The molecule has 0 atom stereocenters. The standard InChI is InChI=1S/C18H13ClF3N3O2/c1-27-16-5-3-2-4-15(16)25-17(26)11(9-23)10-24-14-7-6-12(19)8-13(14)18(20,21)22/h2-8,10,24H,1H3,(H,25,26)/b11-10-. The Balaban J connectivity index is 2.25. The summed E-state index contributed by atoms with van der Waals surface area (Å²) in [6.07, 6.45) is -3.77. The zero-order valence-electron chi connectivity index (χ0n) is 13.9. The van der Waals surface area contributed by atoms with Crippen molar-refractivity contribution < 1.29 is 22.7 Å². The van der Waals surface area contributed by atoms with E-state index in [1.165, 1.54) is 13.2 Å². The van der Waals surface area contributed by atoms with Crippen LogP contribution in [0.2, 0.25) is 5.02 Å². The van der Waals surface area contributed by atoms with Crippen molar-refractivity contribution in [1.29, 1.82) is 5.26 Å². The van der Waals surface area contributed by atoms with Crippen molar-refractivity contribution in [1.82, 2.24) is 0 Å². The first-order chi connectivity index (χ1) is 12.8. The first-order valence-electron chi connectivity index (χ1n) is 7.44. The third-order valence-electron chi connectivity index (χ3n) is 3.38. The lowest BCUT2D eigenvalue weighted by Gasteiger charge is -2.13. The quantitative estimate of drug-likeness (QED) is 0.562. The van der Waals surface area contributed by atoms with Crippen LogP contribution in [0.3, 0.4) is 0 Å². The first kappa shape index (κ1) is 20.1. The number of nitriles is 1. The van der Waals surface area contributed by atoms with Crippen LogP contribution in [0.5, 0.6) is 5.75 Å². The molecule has 2 N–H and O–H groups in total. The molecule has 0 heterocycles. The number of hydrogen-bond acceptors (Lipinski definition) is 4. The molecular formula is C18H13ClF3N3O2. The third kappa shape index (κ3) is 5.15. The van der Waals surface area contributed by atoms with Crippen LogP contribution < -0.4 is 15.4 Å². The molecule has 0 aliphatic heterocycles. The number of alkyl halides is 3. The number of halogens is 4. The Hall–Kier alpha value is -3.18. The highest BCUT2D eigenvalue weighted by molar-refractivity contribution is 6.30. The maximum atomic E-state index is 13.1. The monoisotopic (exact) mass is 395 g/mol. The van der Waals surface area contributed by atoms with E-state index in [-0.39, 0.29) is 10.7 Å². The van der Waals surface area contributed by atoms with Gasteiger partial charge in [-0.2, -0.15) is 18.4 Å². The zero-order valence-corrected chi connectivity index (χ0v) is 14.7. The van der Waals surface area contributed by atoms with E-state index in [1.807, 2.05) is 0 Å². The average Bonchev–Trinajstić information content (AvgIpc) is 2.62. The van der Waals surface area contributed by atoms with Crippen molar-refractivity contribution in [3.8, 4) is 11.8 Å². The number of methoxy groups -OCH3 is 1. The van der Waals surface area contributed by atoms with Gasteiger partial charge in [0.05, 0.1) is 24.0 Å². The summed E-state index contributed by atoms with van der Waals surface area (Å²) < 4.78 is 44.3. The molecule has 9 heteroatoms. The second-order valence-electron chi connectivity index (χ2n) is 5.16. The molecule has 0 saturated heterocycles. The Bertz CT molecular complexity index is 921. The van der Waals surface area contributed by atoms with Crippen LogP contribution in [-0.4, -0.2) is 13.0 Å². The summed E-state index contributed by atoms with van der Waals surface area (Å²) in [5.74, 6) is -0.440. The van der Waals surface area contributed by atoms with Gasteiger partial charge < -0.3 is 15.4 Å². The van der Waals surface area contributed by atoms with Gasteiger partial charge in [0.25, 0.3) is 5.91 Å². The molecule has 1 amide bonds. The number of carbonyl (C=O) groups is 1. The lowest BCUT2D eigenvalue weighted by atomic mass is 10.1. The largest absolute Gasteiger partial charge is 0.495 e. The molecule has 2 aromatic rings. The van der Waals surface area contributed by atoms with Gasteiger partial charge in [-0.1, -0.05) is 23.7 Å². The van der Waals surface area contributed by atoms with Gasteiger partial charge in [-0.05, 0) is 30.3 Å². The number of anilines is 2. The van der Waals surface area contributed by atoms with Crippen LogP contribution in [0.15, 0.2) is 54.2 Å². The number of hydrogen-bond donors (Lipinski definition) is 2. The van der Waals surface area contributed by atoms with E-state index in [0.717, 1.165) is 18.3 Å². The number of ether oxygens (including phenoxy) is 1. The van der Waals surface area contributed by atoms with E-state index in [1.54, 1.807) is 30.3 Å². The lowest BCUT2D eigenvalue weighted by molar-refractivity contribution is -0.136. The molecule has 0 aliphatic carbocycles. The number of benzene rings is 2. The Morgan fingerprint density at radius 1 is 1.22 bits per heavy atom. The molecule has 0 bridgehead atoms. The molecule has 140 valence electrons. The number of nitrogens with one attached hydrogen (secondary N) is 2. The van der Waals surface area contributed by atoms with E-state index in [2.05, 4.69) is 10.6 Å². The second-order valence-corrected chi connectivity index (χ2v) is 5.59. The molecule has 2 aromatic carbocycles. The number of carbonyl (C=O) groups excluding carboxylic acids is 1. The van der Waals surface area contributed by atoms with Crippen molar-refractivity contribution in [3.63, 3.8) is 0 Å². The van der Waals surface area contributed by atoms with Gasteiger partial charge in [0.1, 0.15) is 17.4 Å². The zero-order chi connectivity index (χ0) is 20.0. The Labute approximate surface area is 158 Å². The normalized spacial score (nSPS) is 11.5. The Morgan fingerprint density at radius 3 is 2.56 bits per heavy atom. The van der Waals surface area contributed by atoms with E-state index in [4.69, 9.17) is 21.6 Å². The molecular weight excluding hydrogens is 383 g/mol. The van der Waals surface area contributed by atoms with Gasteiger partial charge in [0.2, 0.25) is 0 Å². The van der Waals surface area contributed by atoms with E-state index < -0.39 is 23.2 Å². The smallest absolute Gasteiger partial charge is 0.418 e. The Kier molecular flexibility index (Phi) is 6.32. The molecule has 0 aromatic heterocycles. The first-order valence-corrected chi connectivity index (χ1v) is 7.82. The van der Waals surface area contributed by atoms with Gasteiger partial charge >= 0.3 is 6.18 Å². The summed E-state index contributed by atoms with van der Waals surface area (Å²) in [5, 5.41) is 13.9. The topological polar surface area (TPSA) is 74.1 Å². The van der Waals surface area contributed by atoms with Gasteiger partial charge in [-0.25, -0.2) is 0 Å². The maximum Gasteiger partial charge on any atom is 0.418 e. The van der Waals surface area contributed by atoms with E-state index in [9.17, 15) is 18.0 Å². The van der Waals surface area contributed by atoms with Gasteiger partial charge in [-0.3, -0.25) is 4.79 Å². The number of nitrogens with zero attached hydrogens (tertiary/aromatic N) is 1. The molecule has 5 nitrogen and oxygen atoms in total. The van der Waals surface area contributed by atoms with Gasteiger partial charge in [0.15, 0.2) is 0 Å². The molecule has 0 radical (unpaired) electrons. The highest BCUT2D eigenvalue weighted by atomic mass is 35.5. The van der Waals surface area contributed by atoms with Crippen LogP contribution in [-0.2, 0) is 11.0 Å². The fraction of sp³-hybridized carbons (Fsp3) is 0.111. The van der Waals surface area contributed by atoms with Crippen molar-refractivity contribution in [2.24, 2.45) is 0 Å². The minimum Gasteiger partial charge on any atom is -0.495 e. The molecule has 0 saturated carbocycles. The fourth-order valence-corrected chi connectivity index (χ4v) is 2.29. The third-order valence-corrected chi connectivity index (χ3v) is 3.61. The summed E-state index contributed by atoms with van der Waals surface area (Å²) >= 11 is 5.61. The minimum atomic E-state index is -4.66. The molecule has 0 aliphatic rings. The van der Waals surface area contributed by atoms with Crippen LogP contribution >= 0.6 is 11.6 Å². The summed E-state index contributed by atoms with van der Waals surface area (Å²) in [6.45, 7) is 0. The van der Waals surface area contributed by atoms with Crippen molar-refractivity contribution in [2.75, 3.05) is 17.7 Å². The van der Waals surface area contributed by atoms with Crippen molar-refractivity contribution >= 4 is 28.9 Å². The number of para-hydroxylation sites is 2. The summed E-state index contributed by atoms with van der Waals surface area (Å²) in [7, 11) is 1.41. The predicted molar refractivity (Wildman–Crippen MR) is 95.4 cm³/mol. The van der Waals surface area contributed by atoms with Crippen LogP contribution in [0.25, 0.3) is 0 Å². The predicted octanol–water partition coefficient (Wildman–Crippen LogP) is 4.83. The fourth-order valence-electron chi connectivity index (χ4n) is 2.11. The molecule has 0 fully saturated rings. The van der Waals surface area contributed by atoms with Crippen LogP contribution in [0.1, 0.15) is 5.56 Å². The average molecular weight is 396 g/mol. The van der Waals surface area contributed by atoms with Gasteiger partial charge in [-0.15, -0.1) is 0 Å². The number of rotatable bonds is 5. The van der Waals surface area contributed by atoms with Crippen molar-refractivity contribution in [2.45, 2.75) is 6.18 Å². The molecule has 27 heavy (non-hydrogen) atoms. The molecule has 0 unspecified atom stereocenters. The van der Waals surface area contributed by atoms with Crippen LogP contribution in [0, 0.1) is 11.3 Å². The van der Waals surface area contributed by atoms with Crippen LogP contribution in [0.4, 0.5) is 24.5 Å². The lowest BCUT2D eigenvalue weighted by Crippen LogP contribution is -2.15. The maximum absolute atomic E-state index is 13.1. The minimum absolute atomic E-state index is 0.0914. The molecule has 2 rings (SSSR count). The summed E-state index contributed by atoms with van der Waals surface area (Å²) in [5.41, 5.74) is -1.48. The SMILES string of the molecule is COc1ccccc1NC(=O)/C(C#N)=C\Nc1ccc(Cl)cc1C(F)(F)F. The Morgan fingerprint density at radius 2 is 1.93 bits per heavy atom. The van der Waals surface area contributed by atoms with Gasteiger partial charge in [0, 0.05) is 11.2 Å². The number of amides is 1. The molecule has 0 spiro atoms. The summed E-state index contributed by atoms with van der Waals surface area (Å²) in [4.78, 5) is 12.2. The van der Waals surface area contributed by atoms with Crippen molar-refractivity contribution in [3.05, 3.63) is 64.8 Å². The summed E-state index contributed by atoms with van der Waals surface area (Å²) in [6, 6.07) is 11.2. The van der Waals surface area contributed by atoms with E-state index in [0.29, 0.717) is 11.4 Å². The highest BCUT2D eigenvalue weighted by Gasteiger charge is 2.33. The van der Waals surface area contributed by atoms with E-state index >= 15 is 0 Å². The second kappa shape index (κ2) is 8.47.